The van der Waals surface area contributed by atoms with Gasteiger partial charge in [-0.3, -0.25) is 9.59 Å². The van der Waals surface area contributed by atoms with Gasteiger partial charge >= 0.3 is 0 Å². The molecule has 0 spiro atoms. The third-order valence-electron chi connectivity index (χ3n) is 6.36. The highest BCUT2D eigenvalue weighted by Crippen LogP contribution is 2.38. The van der Waals surface area contributed by atoms with Gasteiger partial charge in [0.05, 0.1) is 11.1 Å². The molecule has 3 rings (SSSR count). The molecule has 3 N–H and O–H groups in total. The van der Waals surface area contributed by atoms with Crippen molar-refractivity contribution >= 4 is 45.1 Å². The molecule has 0 bridgehead atoms. The minimum atomic E-state index is -0.133. The quantitative estimate of drug-likeness (QED) is 0.262. The van der Waals surface area contributed by atoms with Crippen LogP contribution >= 0.6 is 15.9 Å². The number of anilines is 1. The maximum Gasteiger partial charge on any atom is 0.256 e. The number of nitrogens with zero attached hydrogens (tertiary/aromatic N) is 1. The Balaban J connectivity index is 1.96. The highest BCUT2D eigenvalue weighted by atomic mass is 79.9. The summed E-state index contributed by atoms with van der Waals surface area (Å²) < 4.78 is 0.914. The van der Waals surface area contributed by atoms with E-state index in [9.17, 15) is 9.59 Å². The van der Waals surface area contributed by atoms with E-state index in [1.807, 2.05) is 24.3 Å². The normalized spacial score (nSPS) is 14.4. The number of amides is 2. The van der Waals surface area contributed by atoms with Crippen LogP contribution in [0.1, 0.15) is 92.7 Å². The van der Waals surface area contributed by atoms with Gasteiger partial charge in [0.25, 0.3) is 11.8 Å². The number of aromatic nitrogens is 1. The lowest BCUT2D eigenvalue weighted by molar-refractivity contribution is -0.110. The molecule has 0 radical (unpaired) electrons. The van der Waals surface area contributed by atoms with Crippen molar-refractivity contribution < 1.29 is 9.59 Å². The van der Waals surface area contributed by atoms with Gasteiger partial charge in [0, 0.05) is 33.7 Å². The van der Waals surface area contributed by atoms with E-state index in [-0.39, 0.29) is 23.7 Å². The largest absolute Gasteiger partial charge is 0.358 e. The molecule has 1 aliphatic heterocycles. The Labute approximate surface area is 211 Å². The van der Waals surface area contributed by atoms with Gasteiger partial charge in [-0.25, -0.2) is 0 Å². The van der Waals surface area contributed by atoms with E-state index < -0.39 is 0 Å². The molecule has 7 heteroatoms. The molecule has 0 saturated heterocycles. The van der Waals surface area contributed by atoms with E-state index in [1.54, 1.807) is 0 Å². The molecule has 0 fully saturated rings. The molecule has 1 aromatic carbocycles. The van der Waals surface area contributed by atoms with Gasteiger partial charge in [0.2, 0.25) is 0 Å². The fourth-order valence-corrected chi connectivity index (χ4v) is 4.89. The molecule has 184 valence electrons. The van der Waals surface area contributed by atoms with Crippen LogP contribution in [0.3, 0.4) is 0 Å². The van der Waals surface area contributed by atoms with Crippen molar-refractivity contribution in [3.05, 3.63) is 50.8 Å². The highest BCUT2D eigenvalue weighted by molar-refractivity contribution is 9.10. The Morgan fingerprint density at radius 3 is 2.47 bits per heavy atom. The molecule has 2 aromatic rings. The van der Waals surface area contributed by atoms with Crippen molar-refractivity contribution in [1.29, 1.82) is 0 Å². The number of nitrogens with one attached hydrogen (secondary N) is 3. The van der Waals surface area contributed by atoms with Crippen molar-refractivity contribution in [3.63, 3.8) is 0 Å². The van der Waals surface area contributed by atoms with Crippen LogP contribution in [0.2, 0.25) is 0 Å². The fourth-order valence-electron chi connectivity index (χ4n) is 4.53. The van der Waals surface area contributed by atoms with Crippen molar-refractivity contribution in [2.75, 3.05) is 31.5 Å². The van der Waals surface area contributed by atoms with E-state index in [1.165, 1.54) is 0 Å². The summed E-state index contributed by atoms with van der Waals surface area (Å²) in [5, 5.41) is 6.08. The summed E-state index contributed by atoms with van der Waals surface area (Å²) in [6.07, 6.45) is 2.81. The molecule has 0 atom stereocenters. The first kappa shape index (κ1) is 26.2. The standard InChI is InChI=1S/C27H37BrN4O2/c1-7-32(8-2)13-9-12-29-27(34)24-23(16(3)4)22(30-25(24)17(5)6)15-20-19-14-18(28)10-11-21(19)31-26(20)33/h10-11,14-17,30H,7-9,12-13H2,1-6H3,(H,29,34)(H,31,33)/b20-15-. The number of carbonyl (C=O) groups excluding carboxylic acids is 2. The third-order valence-corrected chi connectivity index (χ3v) is 6.86. The number of aromatic amines is 1. The van der Waals surface area contributed by atoms with Gasteiger partial charge in [-0.05, 0) is 67.7 Å². The number of hydrogen-bond acceptors (Lipinski definition) is 3. The first-order valence-corrected chi connectivity index (χ1v) is 13.1. The first-order chi connectivity index (χ1) is 16.2. The summed E-state index contributed by atoms with van der Waals surface area (Å²) in [6.45, 7) is 16.3. The molecule has 6 nitrogen and oxygen atoms in total. The number of hydrogen-bond donors (Lipinski definition) is 3. The van der Waals surface area contributed by atoms with Gasteiger partial charge in [-0.1, -0.05) is 57.5 Å². The van der Waals surface area contributed by atoms with Crippen molar-refractivity contribution in [2.45, 2.75) is 59.8 Å². The topological polar surface area (TPSA) is 77.2 Å². The van der Waals surface area contributed by atoms with Crippen LogP contribution in [0.5, 0.6) is 0 Å². The van der Waals surface area contributed by atoms with Crippen LogP contribution in [0, 0.1) is 0 Å². The molecule has 0 saturated carbocycles. The molecule has 1 aromatic heterocycles. The zero-order valence-corrected chi connectivity index (χ0v) is 22.7. The Kier molecular flexibility index (Phi) is 8.77. The molecule has 0 unspecified atom stereocenters. The van der Waals surface area contributed by atoms with E-state index in [0.29, 0.717) is 17.7 Å². The van der Waals surface area contributed by atoms with Gasteiger partial charge < -0.3 is 20.5 Å². The second kappa shape index (κ2) is 11.4. The molecule has 2 amide bonds. The Bertz CT molecular complexity index is 1080. The zero-order valence-electron chi connectivity index (χ0n) is 21.1. The summed E-state index contributed by atoms with van der Waals surface area (Å²) in [7, 11) is 0. The maximum atomic E-state index is 13.4. The van der Waals surface area contributed by atoms with Crippen LogP contribution in [-0.4, -0.2) is 47.9 Å². The molecule has 34 heavy (non-hydrogen) atoms. The smallest absolute Gasteiger partial charge is 0.256 e. The Morgan fingerprint density at radius 2 is 1.85 bits per heavy atom. The monoisotopic (exact) mass is 528 g/mol. The summed E-state index contributed by atoms with van der Waals surface area (Å²) in [5.74, 6) is 0.0659. The van der Waals surface area contributed by atoms with E-state index in [4.69, 9.17) is 0 Å². The lowest BCUT2D eigenvalue weighted by Crippen LogP contribution is -2.30. The van der Waals surface area contributed by atoms with Crippen LogP contribution in [0.15, 0.2) is 22.7 Å². The fraction of sp³-hybridized carbons (Fsp3) is 0.481. The van der Waals surface area contributed by atoms with Gasteiger partial charge in [-0.2, -0.15) is 0 Å². The lowest BCUT2D eigenvalue weighted by Gasteiger charge is -2.18. The third kappa shape index (κ3) is 5.63. The predicted octanol–water partition coefficient (Wildman–Crippen LogP) is 5.98. The second-order valence-corrected chi connectivity index (χ2v) is 10.3. The Morgan fingerprint density at radius 1 is 1.15 bits per heavy atom. The molecular formula is C27H37BrN4O2. The summed E-state index contributed by atoms with van der Waals surface area (Å²) in [6, 6.07) is 5.76. The number of H-pyrrole nitrogens is 1. The average molecular weight is 530 g/mol. The molecule has 1 aliphatic rings. The van der Waals surface area contributed by atoms with E-state index in [2.05, 4.69) is 78.0 Å². The SMILES string of the molecule is CCN(CC)CCCNC(=O)c1c(C(C)C)[nH]c(/C=C2\C(=O)Nc3ccc(Br)cc32)c1C(C)C. The number of rotatable bonds is 10. The molecule has 2 heterocycles. The van der Waals surface area contributed by atoms with Crippen LogP contribution in [-0.2, 0) is 4.79 Å². The lowest BCUT2D eigenvalue weighted by atomic mass is 9.93. The maximum absolute atomic E-state index is 13.4. The van der Waals surface area contributed by atoms with Gasteiger partial charge in [0.15, 0.2) is 0 Å². The van der Waals surface area contributed by atoms with Crippen molar-refractivity contribution in [2.24, 2.45) is 0 Å². The predicted molar refractivity (Wildman–Crippen MR) is 144 cm³/mol. The number of benzene rings is 1. The summed E-state index contributed by atoms with van der Waals surface area (Å²) in [5.41, 5.74) is 5.65. The molecule has 0 aliphatic carbocycles. The zero-order chi connectivity index (χ0) is 25.0. The Hall–Kier alpha value is -2.38. The minimum absolute atomic E-state index is 0.0492. The van der Waals surface area contributed by atoms with Crippen molar-refractivity contribution in [1.82, 2.24) is 15.2 Å². The second-order valence-electron chi connectivity index (χ2n) is 9.39. The van der Waals surface area contributed by atoms with Crippen LogP contribution in [0.25, 0.3) is 11.6 Å². The van der Waals surface area contributed by atoms with Gasteiger partial charge in [-0.15, -0.1) is 0 Å². The average Bonchev–Trinajstić information content (AvgIpc) is 3.32. The number of halogens is 1. The minimum Gasteiger partial charge on any atom is -0.358 e. The van der Waals surface area contributed by atoms with Crippen molar-refractivity contribution in [3.8, 4) is 0 Å². The number of fused-ring (bicyclic) bond motifs is 1. The van der Waals surface area contributed by atoms with Gasteiger partial charge in [0.1, 0.15) is 0 Å². The first-order valence-electron chi connectivity index (χ1n) is 12.3. The van der Waals surface area contributed by atoms with E-state index in [0.717, 1.165) is 58.7 Å². The highest BCUT2D eigenvalue weighted by Gasteiger charge is 2.29. The van der Waals surface area contributed by atoms with Crippen LogP contribution < -0.4 is 10.6 Å². The summed E-state index contributed by atoms with van der Waals surface area (Å²) >= 11 is 3.51. The summed E-state index contributed by atoms with van der Waals surface area (Å²) in [4.78, 5) is 32.0. The van der Waals surface area contributed by atoms with Crippen LogP contribution in [0.4, 0.5) is 5.69 Å². The number of carbonyl (C=O) groups is 2. The van der Waals surface area contributed by atoms with E-state index >= 15 is 0 Å². The molecular weight excluding hydrogens is 492 g/mol.